The van der Waals surface area contributed by atoms with Gasteiger partial charge in [-0.2, -0.15) is 0 Å². The van der Waals surface area contributed by atoms with Crippen LogP contribution in [0.15, 0.2) is 30.6 Å². The fourth-order valence-corrected chi connectivity index (χ4v) is 2.09. The van der Waals surface area contributed by atoms with Gasteiger partial charge in [-0.3, -0.25) is 4.98 Å². The van der Waals surface area contributed by atoms with E-state index in [1.54, 1.807) is 6.20 Å². The second-order valence-corrected chi connectivity index (χ2v) is 4.61. The SMILES string of the molecule is Cc1cnc(C(N)Cc2ccnc(N)c2)c(C)c1. The molecule has 0 radical (unpaired) electrons. The summed E-state index contributed by atoms with van der Waals surface area (Å²) in [5, 5.41) is 0. The molecule has 0 saturated heterocycles. The molecule has 4 N–H and O–H groups in total. The van der Waals surface area contributed by atoms with Crippen LogP contribution in [-0.2, 0) is 6.42 Å². The van der Waals surface area contributed by atoms with E-state index in [2.05, 4.69) is 16.0 Å². The van der Waals surface area contributed by atoms with Gasteiger partial charge in [0.15, 0.2) is 0 Å². The minimum absolute atomic E-state index is 0.118. The number of nitrogens with two attached hydrogens (primary N) is 2. The van der Waals surface area contributed by atoms with Gasteiger partial charge in [0.1, 0.15) is 5.82 Å². The maximum atomic E-state index is 6.20. The first kappa shape index (κ1) is 12.5. The Morgan fingerprint density at radius 2 is 2.00 bits per heavy atom. The van der Waals surface area contributed by atoms with Gasteiger partial charge in [0.2, 0.25) is 0 Å². The number of hydrogen-bond donors (Lipinski definition) is 2. The van der Waals surface area contributed by atoms with Crippen molar-refractivity contribution < 1.29 is 0 Å². The van der Waals surface area contributed by atoms with Gasteiger partial charge in [-0.25, -0.2) is 4.98 Å². The molecule has 1 atom stereocenters. The number of anilines is 1. The van der Waals surface area contributed by atoms with E-state index in [1.807, 2.05) is 32.2 Å². The van der Waals surface area contributed by atoms with E-state index < -0.39 is 0 Å². The van der Waals surface area contributed by atoms with Crippen molar-refractivity contribution in [2.75, 3.05) is 5.73 Å². The number of aryl methyl sites for hydroxylation is 2. The Bertz CT molecular complexity index is 551. The molecule has 18 heavy (non-hydrogen) atoms. The van der Waals surface area contributed by atoms with Crippen molar-refractivity contribution in [3.63, 3.8) is 0 Å². The zero-order valence-electron chi connectivity index (χ0n) is 10.7. The first-order valence-electron chi connectivity index (χ1n) is 5.95. The zero-order valence-corrected chi connectivity index (χ0v) is 10.7. The normalized spacial score (nSPS) is 12.4. The lowest BCUT2D eigenvalue weighted by atomic mass is 10.0. The first-order valence-corrected chi connectivity index (χ1v) is 5.95. The first-order chi connectivity index (χ1) is 8.56. The van der Waals surface area contributed by atoms with Crippen LogP contribution in [0.3, 0.4) is 0 Å². The van der Waals surface area contributed by atoms with E-state index in [0.29, 0.717) is 12.2 Å². The lowest BCUT2D eigenvalue weighted by Gasteiger charge is -2.14. The lowest BCUT2D eigenvalue weighted by Crippen LogP contribution is -2.16. The van der Waals surface area contributed by atoms with Crippen LogP contribution in [0.4, 0.5) is 5.82 Å². The van der Waals surface area contributed by atoms with Gasteiger partial charge in [0.05, 0.1) is 11.7 Å². The number of hydrogen-bond acceptors (Lipinski definition) is 4. The Kier molecular flexibility index (Phi) is 3.58. The highest BCUT2D eigenvalue weighted by atomic mass is 14.8. The number of nitrogens with zero attached hydrogens (tertiary/aromatic N) is 2. The fraction of sp³-hybridized carbons (Fsp3) is 0.286. The van der Waals surface area contributed by atoms with Crippen LogP contribution >= 0.6 is 0 Å². The molecule has 0 aliphatic heterocycles. The van der Waals surface area contributed by atoms with Gasteiger partial charge in [-0.15, -0.1) is 0 Å². The van der Waals surface area contributed by atoms with Crippen LogP contribution in [0, 0.1) is 13.8 Å². The summed E-state index contributed by atoms with van der Waals surface area (Å²) in [6.07, 6.45) is 4.26. The third-order valence-corrected chi connectivity index (χ3v) is 2.91. The Morgan fingerprint density at radius 1 is 1.22 bits per heavy atom. The molecule has 94 valence electrons. The van der Waals surface area contributed by atoms with Gasteiger partial charge in [-0.1, -0.05) is 6.07 Å². The Balaban J connectivity index is 2.19. The molecule has 0 aliphatic rings. The minimum Gasteiger partial charge on any atom is -0.384 e. The maximum absolute atomic E-state index is 6.20. The largest absolute Gasteiger partial charge is 0.384 e. The van der Waals surface area contributed by atoms with Crippen LogP contribution in [0.5, 0.6) is 0 Å². The number of nitrogen functional groups attached to an aromatic ring is 1. The average Bonchev–Trinajstić information content (AvgIpc) is 2.28. The molecule has 4 heteroatoms. The standard InChI is InChI=1S/C14H18N4/c1-9-5-10(2)14(18-8-9)12(15)6-11-3-4-17-13(16)7-11/h3-5,7-8,12H,6,15H2,1-2H3,(H2,16,17). The van der Waals surface area contributed by atoms with Crippen molar-refractivity contribution in [2.24, 2.45) is 5.73 Å². The summed E-state index contributed by atoms with van der Waals surface area (Å²) in [5.41, 5.74) is 16.2. The second kappa shape index (κ2) is 5.14. The molecule has 0 saturated carbocycles. The molecule has 0 fully saturated rings. The molecule has 0 amide bonds. The smallest absolute Gasteiger partial charge is 0.123 e. The molecule has 2 heterocycles. The van der Waals surface area contributed by atoms with Gasteiger partial charge in [0, 0.05) is 12.4 Å². The van der Waals surface area contributed by atoms with E-state index in [-0.39, 0.29) is 6.04 Å². The number of aromatic nitrogens is 2. The van der Waals surface area contributed by atoms with Crippen LogP contribution < -0.4 is 11.5 Å². The van der Waals surface area contributed by atoms with E-state index in [4.69, 9.17) is 11.5 Å². The van der Waals surface area contributed by atoms with E-state index >= 15 is 0 Å². The summed E-state index contributed by atoms with van der Waals surface area (Å²) in [7, 11) is 0. The van der Waals surface area contributed by atoms with Crippen LogP contribution in [0.1, 0.15) is 28.4 Å². The maximum Gasteiger partial charge on any atom is 0.123 e. The fourth-order valence-electron chi connectivity index (χ4n) is 2.09. The molecule has 2 aromatic rings. The van der Waals surface area contributed by atoms with Gasteiger partial charge in [-0.05, 0) is 49.1 Å². The predicted octanol–water partition coefficient (Wildman–Crippen LogP) is 1.92. The van der Waals surface area contributed by atoms with E-state index in [1.165, 1.54) is 0 Å². The van der Waals surface area contributed by atoms with Crippen molar-refractivity contribution in [1.82, 2.24) is 9.97 Å². The summed E-state index contributed by atoms with van der Waals surface area (Å²) >= 11 is 0. The van der Waals surface area contributed by atoms with E-state index in [9.17, 15) is 0 Å². The predicted molar refractivity (Wildman–Crippen MR) is 73.0 cm³/mol. The highest BCUT2D eigenvalue weighted by molar-refractivity contribution is 5.33. The summed E-state index contributed by atoms with van der Waals surface area (Å²) in [4.78, 5) is 8.39. The van der Waals surface area contributed by atoms with Crippen molar-refractivity contribution in [3.8, 4) is 0 Å². The Morgan fingerprint density at radius 3 is 2.67 bits per heavy atom. The van der Waals surface area contributed by atoms with Crippen molar-refractivity contribution in [2.45, 2.75) is 26.3 Å². The third kappa shape index (κ3) is 2.84. The molecule has 4 nitrogen and oxygen atoms in total. The molecule has 0 aliphatic carbocycles. The van der Waals surface area contributed by atoms with E-state index in [0.717, 1.165) is 22.4 Å². The Labute approximate surface area is 107 Å². The summed E-state index contributed by atoms with van der Waals surface area (Å²) < 4.78 is 0. The molecule has 1 unspecified atom stereocenters. The second-order valence-electron chi connectivity index (χ2n) is 4.61. The summed E-state index contributed by atoms with van der Waals surface area (Å²) in [5.74, 6) is 0.522. The van der Waals surface area contributed by atoms with Crippen LogP contribution in [0.25, 0.3) is 0 Å². The van der Waals surface area contributed by atoms with Crippen molar-refractivity contribution in [3.05, 3.63) is 53.0 Å². The minimum atomic E-state index is -0.118. The monoisotopic (exact) mass is 242 g/mol. The number of rotatable bonds is 3. The molecule has 0 bridgehead atoms. The average molecular weight is 242 g/mol. The number of pyridine rings is 2. The van der Waals surface area contributed by atoms with Gasteiger partial charge < -0.3 is 11.5 Å². The van der Waals surface area contributed by atoms with Crippen LogP contribution in [-0.4, -0.2) is 9.97 Å². The summed E-state index contributed by atoms with van der Waals surface area (Å²) in [6, 6.07) is 5.76. The van der Waals surface area contributed by atoms with Gasteiger partial charge in [0.25, 0.3) is 0 Å². The van der Waals surface area contributed by atoms with Crippen LogP contribution in [0.2, 0.25) is 0 Å². The molecular formula is C14H18N4. The highest BCUT2D eigenvalue weighted by Crippen LogP contribution is 2.18. The molecular weight excluding hydrogens is 224 g/mol. The van der Waals surface area contributed by atoms with Crippen molar-refractivity contribution >= 4 is 5.82 Å². The topological polar surface area (TPSA) is 77.8 Å². The molecule has 2 rings (SSSR count). The van der Waals surface area contributed by atoms with Gasteiger partial charge >= 0.3 is 0 Å². The third-order valence-electron chi connectivity index (χ3n) is 2.91. The highest BCUT2D eigenvalue weighted by Gasteiger charge is 2.11. The molecule has 0 spiro atoms. The lowest BCUT2D eigenvalue weighted by molar-refractivity contribution is 0.689. The summed E-state index contributed by atoms with van der Waals surface area (Å²) in [6.45, 7) is 4.06. The van der Waals surface area contributed by atoms with Crippen molar-refractivity contribution in [1.29, 1.82) is 0 Å². The zero-order chi connectivity index (χ0) is 13.1. The molecule has 2 aromatic heterocycles. The quantitative estimate of drug-likeness (QED) is 0.862. The Hall–Kier alpha value is -1.94. The molecule has 0 aromatic carbocycles.